The summed E-state index contributed by atoms with van der Waals surface area (Å²) in [6.07, 6.45) is 0.977. The zero-order chi connectivity index (χ0) is 19.2. The summed E-state index contributed by atoms with van der Waals surface area (Å²) in [5.41, 5.74) is 1.31. The van der Waals surface area contributed by atoms with Gasteiger partial charge in [-0.2, -0.15) is 0 Å². The van der Waals surface area contributed by atoms with Gasteiger partial charge in [0.15, 0.2) is 5.69 Å². The van der Waals surface area contributed by atoms with Crippen molar-refractivity contribution in [2.45, 2.75) is 19.6 Å². The van der Waals surface area contributed by atoms with E-state index in [0.717, 1.165) is 31.7 Å². The number of amides is 1. The van der Waals surface area contributed by atoms with Crippen molar-refractivity contribution in [3.05, 3.63) is 53.7 Å². The maximum Gasteiger partial charge on any atom is 0.275 e. The number of aliphatic hydroxyl groups is 1. The highest BCUT2D eigenvalue weighted by molar-refractivity contribution is 5.91. The number of nitrogens with zero attached hydrogens (tertiary/aromatic N) is 4. The van der Waals surface area contributed by atoms with Gasteiger partial charge in [0.25, 0.3) is 5.91 Å². The molecule has 1 fully saturated rings. The average molecular weight is 372 g/mol. The fourth-order valence-corrected chi connectivity index (χ4v) is 3.17. The van der Waals surface area contributed by atoms with Crippen molar-refractivity contribution in [3.63, 3.8) is 0 Å². The first-order chi connectivity index (χ1) is 13.1. The van der Waals surface area contributed by atoms with Crippen LogP contribution in [0.25, 0.3) is 0 Å². The molecule has 0 bridgehead atoms. The lowest BCUT2D eigenvalue weighted by Crippen LogP contribution is -2.47. The highest BCUT2D eigenvalue weighted by atomic mass is 16.3. The number of oxazole rings is 1. The van der Waals surface area contributed by atoms with Crippen LogP contribution in [-0.2, 0) is 6.54 Å². The van der Waals surface area contributed by atoms with E-state index in [0.29, 0.717) is 31.2 Å². The largest absolute Gasteiger partial charge is 0.447 e. The molecule has 1 aliphatic rings. The third-order valence-electron chi connectivity index (χ3n) is 5.03. The molecule has 0 aliphatic carbocycles. The van der Waals surface area contributed by atoms with Gasteiger partial charge >= 0.3 is 0 Å². The van der Waals surface area contributed by atoms with Crippen molar-refractivity contribution in [1.29, 1.82) is 0 Å². The predicted molar refractivity (Wildman–Crippen MR) is 102 cm³/mol. The molecule has 0 saturated carbocycles. The molecule has 1 atom stereocenters. The minimum absolute atomic E-state index is 0.118. The number of carbonyl (C=O) groups is 1. The summed E-state index contributed by atoms with van der Waals surface area (Å²) in [4.78, 5) is 22.6. The zero-order valence-electron chi connectivity index (χ0n) is 16.0. The van der Waals surface area contributed by atoms with Crippen LogP contribution in [0.3, 0.4) is 0 Å². The van der Waals surface area contributed by atoms with E-state index in [1.165, 1.54) is 6.26 Å². The van der Waals surface area contributed by atoms with Gasteiger partial charge in [0.2, 0.25) is 5.89 Å². The Morgan fingerprint density at radius 1 is 1.22 bits per heavy atom. The van der Waals surface area contributed by atoms with Gasteiger partial charge < -0.3 is 14.4 Å². The van der Waals surface area contributed by atoms with Crippen molar-refractivity contribution in [3.8, 4) is 0 Å². The van der Waals surface area contributed by atoms with E-state index in [-0.39, 0.29) is 5.91 Å². The Kier molecular flexibility index (Phi) is 6.60. The summed E-state index contributed by atoms with van der Waals surface area (Å²) in [6, 6.07) is 9.77. The number of β-amino-alcohol motifs (C(OH)–C–C–N with tert-alkyl or cyclic N) is 1. The van der Waals surface area contributed by atoms with Crippen molar-refractivity contribution in [1.82, 2.24) is 19.7 Å². The van der Waals surface area contributed by atoms with E-state index in [1.54, 1.807) is 11.9 Å². The summed E-state index contributed by atoms with van der Waals surface area (Å²) in [7, 11) is 1.75. The number of piperazine rings is 1. The Hall–Kier alpha value is -2.22. The van der Waals surface area contributed by atoms with Crippen molar-refractivity contribution >= 4 is 5.91 Å². The SMILES string of the molecule is CCN(C)C(=O)c1coc(CN2CCN(CC(O)c3ccccc3)CC2)n1. The van der Waals surface area contributed by atoms with Gasteiger partial charge in [0, 0.05) is 46.3 Å². The average Bonchev–Trinajstić information content (AvgIpc) is 3.17. The maximum atomic E-state index is 12.1. The van der Waals surface area contributed by atoms with Gasteiger partial charge in [-0.15, -0.1) is 0 Å². The first-order valence-electron chi connectivity index (χ1n) is 9.44. The summed E-state index contributed by atoms with van der Waals surface area (Å²) < 4.78 is 5.48. The highest BCUT2D eigenvalue weighted by Crippen LogP contribution is 2.16. The van der Waals surface area contributed by atoms with Crippen LogP contribution in [0.5, 0.6) is 0 Å². The molecule has 2 heterocycles. The van der Waals surface area contributed by atoms with Crippen LogP contribution in [0.2, 0.25) is 0 Å². The Morgan fingerprint density at radius 3 is 2.56 bits per heavy atom. The smallest absolute Gasteiger partial charge is 0.275 e. The number of aliphatic hydroxyl groups excluding tert-OH is 1. The molecular weight excluding hydrogens is 344 g/mol. The fourth-order valence-electron chi connectivity index (χ4n) is 3.17. The molecular formula is C20H28N4O3. The van der Waals surface area contributed by atoms with Crippen LogP contribution in [0.15, 0.2) is 41.0 Å². The fraction of sp³-hybridized carbons (Fsp3) is 0.500. The molecule has 7 heteroatoms. The lowest BCUT2D eigenvalue weighted by molar-refractivity contribution is 0.0671. The Bertz CT molecular complexity index is 726. The molecule has 27 heavy (non-hydrogen) atoms. The molecule has 1 aromatic heterocycles. The topological polar surface area (TPSA) is 73.1 Å². The number of hydrogen-bond donors (Lipinski definition) is 1. The van der Waals surface area contributed by atoms with Gasteiger partial charge in [-0.3, -0.25) is 14.6 Å². The van der Waals surface area contributed by atoms with E-state index in [4.69, 9.17) is 4.42 Å². The van der Waals surface area contributed by atoms with Crippen molar-refractivity contribution < 1.29 is 14.3 Å². The Labute approximate surface area is 160 Å². The monoisotopic (exact) mass is 372 g/mol. The summed E-state index contributed by atoms with van der Waals surface area (Å²) in [6.45, 7) is 7.32. The molecule has 1 aromatic carbocycles. The van der Waals surface area contributed by atoms with Crippen LogP contribution in [0.1, 0.15) is 35.0 Å². The lowest BCUT2D eigenvalue weighted by Gasteiger charge is -2.35. The summed E-state index contributed by atoms with van der Waals surface area (Å²) in [5, 5.41) is 10.4. The Balaban J connectivity index is 1.46. The van der Waals surface area contributed by atoms with Crippen LogP contribution in [0, 0.1) is 0 Å². The van der Waals surface area contributed by atoms with Gasteiger partial charge in [-0.25, -0.2) is 4.98 Å². The summed E-state index contributed by atoms with van der Waals surface area (Å²) >= 11 is 0. The molecule has 1 unspecified atom stereocenters. The number of hydrogen-bond acceptors (Lipinski definition) is 6. The van der Waals surface area contributed by atoms with Gasteiger partial charge in [-0.1, -0.05) is 30.3 Å². The minimum Gasteiger partial charge on any atom is -0.447 e. The number of carbonyl (C=O) groups excluding carboxylic acids is 1. The quantitative estimate of drug-likeness (QED) is 0.796. The molecule has 1 N–H and O–H groups in total. The maximum absolute atomic E-state index is 12.1. The first kappa shape index (κ1) is 19.5. The third kappa shape index (κ3) is 5.15. The normalized spacial score (nSPS) is 17.0. The van der Waals surface area contributed by atoms with Crippen molar-refractivity contribution in [2.24, 2.45) is 0 Å². The Morgan fingerprint density at radius 2 is 1.89 bits per heavy atom. The van der Waals surface area contributed by atoms with Crippen LogP contribution < -0.4 is 0 Å². The van der Waals surface area contributed by atoms with Gasteiger partial charge in [0.1, 0.15) is 6.26 Å². The standard InChI is InChI=1S/C20H28N4O3/c1-3-22(2)20(26)17-15-27-19(21-17)14-24-11-9-23(10-12-24)13-18(25)16-7-5-4-6-8-16/h4-8,15,18,25H,3,9-14H2,1-2H3. The van der Waals surface area contributed by atoms with E-state index >= 15 is 0 Å². The highest BCUT2D eigenvalue weighted by Gasteiger charge is 2.22. The van der Waals surface area contributed by atoms with E-state index in [2.05, 4.69) is 14.8 Å². The van der Waals surface area contributed by atoms with Crippen LogP contribution in [0.4, 0.5) is 0 Å². The molecule has 146 valence electrons. The molecule has 7 nitrogen and oxygen atoms in total. The van der Waals surface area contributed by atoms with Crippen LogP contribution in [-0.4, -0.2) is 77.0 Å². The lowest BCUT2D eigenvalue weighted by atomic mass is 10.1. The molecule has 3 rings (SSSR count). The van der Waals surface area contributed by atoms with Gasteiger partial charge in [-0.05, 0) is 12.5 Å². The molecule has 1 saturated heterocycles. The molecule has 1 amide bonds. The number of rotatable bonds is 7. The molecule has 0 radical (unpaired) electrons. The van der Waals surface area contributed by atoms with E-state index in [1.807, 2.05) is 37.3 Å². The van der Waals surface area contributed by atoms with Crippen molar-refractivity contribution in [2.75, 3.05) is 46.3 Å². The second-order valence-corrected chi connectivity index (χ2v) is 6.95. The molecule has 1 aliphatic heterocycles. The summed E-state index contributed by atoms with van der Waals surface area (Å²) in [5.74, 6) is 0.452. The first-order valence-corrected chi connectivity index (χ1v) is 9.44. The number of benzene rings is 1. The van der Waals surface area contributed by atoms with E-state index < -0.39 is 6.10 Å². The second-order valence-electron chi connectivity index (χ2n) is 6.95. The molecule has 0 spiro atoms. The zero-order valence-corrected chi connectivity index (χ0v) is 16.0. The minimum atomic E-state index is -0.464. The number of aromatic nitrogens is 1. The molecule has 2 aromatic rings. The van der Waals surface area contributed by atoms with Gasteiger partial charge in [0.05, 0.1) is 12.6 Å². The van der Waals surface area contributed by atoms with Crippen LogP contribution >= 0.6 is 0 Å². The van der Waals surface area contributed by atoms with E-state index in [9.17, 15) is 9.90 Å². The second kappa shape index (κ2) is 9.12. The third-order valence-corrected chi connectivity index (χ3v) is 5.03. The predicted octanol–water partition coefficient (Wildman–Crippen LogP) is 1.62.